The van der Waals surface area contributed by atoms with E-state index in [0.717, 1.165) is 22.6 Å². The Balaban J connectivity index is 1.74. The van der Waals surface area contributed by atoms with E-state index < -0.39 is 0 Å². The molecule has 0 radical (unpaired) electrons. The van der Waals surface area contributed by atoms with E-state index >= 15 is 0 Å². The predicted molar refractivity (Wildman–Crippen MR) is 82.8 cm³/mol. The van der Waals surface area contributed by atoms with Crippen LogP contribution in [-0.2, 0) is 16.5 Å². The topological polar surface area (TPSA) is 74.1 Å². The Morgan fingerprint density at radius 3 is 2.91 bits per heavy atom. The summed E-state index contributed by atoms with van der Waals surface area (Å²) in [6, 6.07) is 1.91. The number of hydrogen-bond acceptors (Lipinski definition) is 6. The van der Waals surface area contributed by atoms with Gasteiger partial charge in [0.25, 0.3) is 0 Å². The smallest absolute Gasteiger partial charge is 0.223 e. The minimum Gasteiger partial charge on any atom is -0.376 e. The van der Waals surface area contributed by atoms with Gasteiger partial charge < -0.3 is 14.8 Å². The third-order valence-electron chi connectivity index (χ3n) is 3.79. The first-order valence-electron chi connectivity index (χ1n) is 7.42. The van der Waals surface area contributed by atoms with Crippen molar-refractivity contribution >= 4 is 5.95 Å². The van der Waals surface area contributed by atoms with Crippen LogP contribution in [0.15, 0.2) is 12.3 Å². The van der Waals surface area contributed by atoms with Crippen molar-refractivity contribution in [3.05, 3.63) is 23.7 Å². The molecular weight excluding hydrogens is 282 g/mol. The predicted octanol–water partition coefficient (Wildman–Crippen LogP) is 1.32. The van der Waals surface area contributed by atoms with Crippen LogP contribution in [0.3, 0.4) is 0 Å². The van der Waals surface area contributed by atoms with Crippen LogP contribution in [0.4, 0.5) is 5.95 Å². The van der Waals surface area contributed by atoms with Gasteiger partial charge in [-0.05, 0) is 19.9 Å². The van der Waals surface area contributed by atoms with E-state index in [1.807, 2.05) is 31.6 Å². The quantitative estimate of drug-likeness (QED) is 0.918. The number of aromatic nitrogens is 4. The fourth-order valence-corrected chi connectivity index (χ4v) is 2.59. The maximum atomic E-state index is 5.60. The number of ether oxygens (including phenoxy) is 2. The molecule has 7 heteroatoms. The lowest BCUT2D eigenvalue weighted by Gasteiger charge is -2.23. The second kappa shape index (κ2) is 6.41. The second-order valence-corrected chi connectivity index (χ2v) is 5.38. The Bertz CT molecular complexity index is 649. The van der Waals surface area contributed by atoms with E-state index in [9.17, 15) is 0 Å². The van der Waals surface area contributed by atoms with Crippen LogP contribution in [0.2, 0.25) is 0 Å². The maximum Gasteiger partial charge on any atom is 0.223 e. The number of nitrogens with zero attached hydrogens (tertiary/aromatic N) is 4. The van der Waals surface area contributed by atoms with Crippen LogP contribution in [0.25, 0.3) is 11.3 Å². The highest BCUT2D eigenvalue weighted by Gasteiger charge is 2.16. The first kappa shape index (κ1) is 14.9. The van der Waals surface area contributed by atoms with Crippen molar-refractivity contribution in [1.82, 2.24) is 19.7 Å². The van der Waals surface area contributed by atoms with Crippen molar-refractivity contribution in [2.75, 3.05) is 31.7 Å². The number of hydrogen-bond donors (Lipinski definition) is 1. The minimum absolute atomic E-state index is 0.0443. The molecule has 22 heavy (non-hydrogen) atoms. The molecule has 0 saturated carbocycles. The molecule has 1 aliphatic rings. The van der Waals surface area contributed by atoms with Crippen molar-refractivity contribution in [3.8, 4) is 11.3 Å². The zero-order valence-electron chi connectivity index (χ0n) is 13.2. The molecule has 3 heterocycles. The van der Waals surface area contributed by atoms with Gasteiger partial charge >= 0.3 is 0 Å². The zero-order valence-corrected chi connectivity index (χ0v) is 13.2. The maximum absolute atomic E-state index is 5.60. The molecule has 7 nitrogen and oxygen atoms in total. The van der Waals surface area contributed by atoms with Gasteiger partial charge in [-0.15, -0.1) is 0 Å². The lowest BCUT2D eigenvalue weighted by molar-refractivity contribution is -0.0819. The molecule has 2 aromatic rings. The summed E-state index contributed by atoms with van der Waals surface area (Å²) in [5, 5.41) is 7.65. The number of aryl methyl sites for hydroxylation is 2. The normalized spacial score (nSPS) is 18.4. The lowest BCUT2D eigenvalue weighted by Crippen LogP contribution is -2.34. The summed E-state index contributed by atoms with van der Waals surface area (Å²) in [5.41, 5.74) is 3.99. The van der Waals surface area contributed by atoms with Gasteiger partial charge in [0.2, 0.25) is 5.95 Å². The molecule has 1 fully saturated rings. The molecular formula is C15H21N5O2. The molecule has 1 saturated heterocycles. The van der Waals surface area contributed by atoms with Gasteiger partial charge in [0.15, 0.2) is 0 Å². The van der Waals surface area contributed by atoms with Crippen molar-refractivity contribution in [3.63, 3.8) is 0 Å². The fraction of sp³-hybridized carbons (Fsp3) is 0.533. The Kier molecular flexibility index (Phi) is 4.35. The van der Waals surface area contributed by atoms with Crippen LogP contribution in [0, 0.1) is 13.8 Å². The van der Waals surface area contributed by atoms with Crippen molar-refractivity contribution < 1.29 is 9.47 Å². The zero-order chi connectivity index (χ0) is 15.5. The highest BCUT2D eigenvalue weighted by molar-refractivity contribution is 5.65. The van der Waals surface area contributed by atoms with Gasteiger partial charge in [-0.25, -0.2) is 9.97 Å². The van der Waals surface area contributed by atoms with E-state index in [-0.39, 0.29) is 6.10 Å². The molecule has 0 spiro atoms. The molecule has 0 aliphatic carbocycles. The van der Waals surface area contributed by atoms with Gasteiger partial charge in [0.05, 0.1) is 37.3 Å². The summed E-state index contributed by atoms with van der Waals surface area (Å²) in [7, 11) is 1.94. The largest absolute Gasteiger partial charge is 0.376 e. The number of anilines is 1. The first-order valence-corrected chi connectivity index (χ1v) is 7.42. The summed E-state index contributed by atoms with van der Waals surface area (Å²) >= 11 is 0. The van der Waals surface area contributed by atoms with Crippen molar-refractivity contribution in [1.29, 1.82) is 0 Å². The average molecular weight is 303 g/mol. The highest BCUT2D eigenvalue weighted by Crippen LogP contribution is 2.24. The van der Waals surface area contributed by atoms with Gasteiger partial charge in [0.1, 0.15) is 0 Å². The monoisotopic (exact) mass is 303 g/mol. The Morgan fingerprint density at radius 2 is 2.23 bits per heavy atom. The summed E-state index contributed by atoms with van der Waals surface area (Å²) in [6.45, 7) is 6.58. The van der Waals surface area contributed by atoms with E-state index in [1.165, 1.54) is 0 Å². The van der Waals surface area contributed by atoms with Crippen LogP contribution in [0.5, 0.6) is 0 Å². The van der Waals surface area contributed by atoms with Crippen molar-refractivity contribution in [2.45, 2.75) is 20.0 Å². The van der Waals surface area contributed by atoms with E-state index in [4.69, 9.17) is 9.47 Å². The molecule has 118 valence electrons. The number of nitrogens with one attached hydrogen (secondary N) is 1. The van der Waals surface area contributed by atoms with Gasteiger partial charge in [-0.2, -0.15) is 5.10 Å². The second-order valence-electron chi connectivity index (χ2n) is 5.38. The molecule has 0 aromatic carbocycles. The lowest BCUT2D eigenvalue weighted by atomic mass is 10.1. The van der Waals surface area contributed by atoms with E-state index in [1.54, 1.807) is 6.20 Å². The van der Waals surface area contributed by atoms with Gasteiger partial charge in [-0.1, -0.05) is 0 Å². The molecule has 1 atom stereocenters. The summed E-state index contributed by atoms with van der Waals surface area (Å²) in [5.74, 6) is 0.592. The van der Waals surface area contributed by atoms with E-state index in [0.29, 0.717) is 32.3 Å². The summed E-state index contributed by atoms with van der Waals surface area (Å²) in [4.78, 5) is 8.86. The van der Waals surface area contributed by atoms with Crippen LogP contribution in [-0.4, -0.2) is 52.2 Å². The first-order chi connectivity index (χ1) is 10.6. The standard InChI is InChI=1S/C15H21N5O2/c1-10-14(11(2)20(3)19-10)13-4-5-16-15(18-13)17-8-12-9-21-6-7-22-12/h4-5,12H,6-9H2,1-3H3,(H,16,17,18). The molecule has 1 aliphatic heterocycles. The molecule has 1 unspecified atom stereocenters. The minimum atomic E-state index is 0.0443. The van der Waals surface area contributed by atoms with Crippen LogP contribution in [0.1, 0.15) is 11.4 Å². The highest BCUT2D eigenvalue weighted by atomic mass is 16.6. The summed E-state index contributed by atoms with van der Waals surface area (Å²) in [6.07, 6.45) is 1.80. The van der Waals surface area contributed by atoms with Gasteiger partial charge in [0, 0.05) is 31.0 Å². The van der Waals surface area contributed by atoms with Crippen LogP contribution < -0.4 is 5.32 Å². The fourth-order valence-electron chi connectivity index (χ4n) is 2.59. The molecule has 0 bridgehead atoms. The SMILES string of the molecule is Cc1nn(C)c(C)c1-c1ccnc(NCC2COCCO2)n1. The van der Waals surface area contributed by atoms with Crippen LogP contribution >= 0.6 is 0 Å². The summed E-state index contributed by atoms with van der Waals surface area (Å²) < 4.78 is 12.8. The van der Waals surface area contributed by atoms with Gasteiger partial charge in [-0.3, -0.25) is 4.68 Å². The molecule has 0 amide bonds. The molecule has 1 N–H and O–H groups in total. The molecule has 2 aromatic heterocycles. The third kappa shape index (κ3) is 3.10. The third-order valence-corrected chi connectivity index (χ3v) is 3.79. The van der Waals surface area contributed by atoms with E-state index in [2.05, 4.69) is 20.4 Å². The average Bonchev–Trinajstić information content (AvgIpc) is 2.79. The number of rotatable bonds is 4. The molecule has 3 rings (SSSR count). The van der Waals surface area contributed by atoms with Crippen molar-refractivity contribution in [2.24, 2.45) is 7.05 Å². The Hall–Kier alpha value is -1.99. The Labute approximate surface area is 129 Å². The Morgan fingerprint density at radius 1 is 1.36 bits per heavy atom.